The van der Waals surface area contributed by atoms with E-state index in [4.69, 9.17) is 9.26 Å². The second-order valence-corrected chi connectivity index (χ2v) is 6.25. The molecule has 1 N–H and O–H groups in total. The van der Waals surface area contributed by atoms with E-state index < -0.39 is 11.7 Å². The highest BCUT2D eigenvalue weighted by Crippen LogP contribution is 2.26. The highest BCUT2D eigenvalue weighted by molar-refractivity contribution is 6.08. The molecule has 0 spiro atoms. The minimum absolute atomic E-state index is 0.193. The molecule has 0 atom stereocenters. The number of anilines is 2. The summed E-state index contributed by atoms with van der Waals surface area (Å²) in [5.41, 5.74) is 1.34. The van der Waals surface area contributed by atoms with Gasteiger partial charge in [0.1, 0.15) is 17.0 Å². The lowest BCUT2D eigenvalue weighted by Crippen LogP contribution is -2.37. The monoisotopic (exact) mass is 383 g/mol. The van der Waals surface area contributed by atoms with Crippen LogP contribution < -0.4 is 10.2 Å². The van der Waals surface area contributed by atoms with E-state index >= 15 is 0 Å². The van der Waals surface area contributed by atoms with Crippen molar-refractivity contribution in [3.63, 3.8) is 0 Å². The van der Waals surface area contributed by atoms with E-state index in [1.165, 1.54) is 0 Å². The van der Waals surface area contributed by atoms with Crippen molar-refractivity contribution in [1.82, 2.24) is 15.1 Å². The molecule has 1 amide bonds. The summed E-state index contributed by atoms with van der Waals surface area (Å²) in [7, 11) is 0. The van der Waals surface area contributed by atoms with Crippen LogP contribution in [-0.4, -0.2) is 47.3 Å². The van der Waals surface area contributed by atoms with Gasteiger partial charge in [-0.2, -0.15) is 4.98 Å². The first-order valence-electron chi connectivity index (χ1n) is 8.82. The Morgan fingerprint density at radius 2 is 1.96 bits per heavy atom. The van der Waals surface area contributed by atoms with Crippen molar-refractivity contribution < 1.29 is 18.4 Å². The normalized spacial score (nSPS) is 14.1. The third kappa shape index (κ3) is 3.56. The molecule has 0 unspecified atom stereocenters. The molecule has 9 heteroatoms. The number of hydrogen-bond acceptors (Lipinski definition) is 7. The van der Waals surface area contributed by atoms with Crippen molar-refractivity contribution in [3.8, 4) is 11.3 Å². The van der Waals surface area contributed by atoms with Gasteiger partial charge >= 0.3 is 0 Å². The second-order valence-electron chi connectivity index (χ2n) is 6.25. The van der Waals surface area contributed by atoms with E-state index in [0.717, 1.165) is 11.8 Å². The van der Waals surface area contributed by atoms with Crippen LogP contribution in [-0.2, 0) is 4.74 Å². The first kappa shape index (κ1) is 18.1. The van der Waals surface area contributed by atoms with Crippen LogP contribution in [0.1, 0.15) is 16.1 Å². The zero-order valence-corrected chi connectivity index (χ0v) is 15.2. The molecule has 144 valence electrons. The van der Waals surface area contributed by atoms with Gasteiger partial charge in [0.2, 0.25) is 5.95 Å². The van der Waals surface area contributed by atoms with Gasteiger partial charge in [0, 0.05) is 18.7 Å². The van der Waals surface area contributed by atoms with Crippen molar-refractivity contribution >= 4 is 17.7 Å². The minimum Gasteiger partial charge on any atom is -0.378 e. The van der Waals surface area contributed by atoms with Crippen molar-refractivity contribution in [2.24, 2.45) is 0 Å². The largest absolute Gasteiger partial charge is 0.378 e. The summed E-state index contributed by atoms with van der Waals surface area (Å²) < 4.78 is 24.7. The minimum atomic E-state index is -0.722. The Labute approximate surface area is 160 Å². The quantitative estimate of drug-likeness (QED) is 0.740. The zero-order valence-electron chi connectivity index (χ0n) is 15.2. The van der Waals surface area contributed by atoms with Crippen molar-refractivity contribution in [1.29, 1.82) is 0 Å². The van der Waals surface area contributed by atoms with Gasteiger partial charge in [0.15, 0.2) is 11.6 Å². The number of nitrogens with zero attached hydrogens (tertiary/aromatic N) is 4. The van der Waals surface area contributed by atoms with Crippen LogP contribution in [0.3, 0.4) is 0 Å². The Morgan fingerprint density at radius 1 is 1.21 bits per heavy atom. The maximum absolute atomic E-state index is 14.2. The molecule has 2 aromatic heterocycles. The molecular weight excluding hydrogens is 365 g/mol. The summed E-state index contributed by atoms with van der Waals surface area (Å²) in [5, 5.41) is 6.50. The molecule has 1 aromatic carbocycles. The van der Waals surface area contributed by atoms with Crippen LogP contribution in [0.2, 0.25) is 0 Å². The predicted molar refractivity (Wildman–Crippen MR) is 99.7 cm³/mol. The number of aromatic nitrogens is 3. The fraction of sp³-hybridized carbons (Fsp3) is 0.263. The van der Waals surface area contributed by atoms with Gasteiger partial charge in [-0.25, -0.2) is 9.37 Å². The molecule has 4 rings (SSSR count). The summed E-state index contributed by atoms with van der Waals surface area (Å²) in [6.45, 7) is 3.92. The Kier molecular flexibility index (Phi) is 4.98. The van der Waals surface area contributed by atoms with Gasteiger partial charge in [-0.05, 0) is 6.92 Å². The number of morpholine rings is 1. The van der Waals surface area contributed by atoms with E-state index in [1.54, 1.807) is 6.92 Å². The van der Waals surface area contributed by atoms with Crippen LogP contribution in [0.25, 0.3) is 11.3 Å². The van der Waals surface area contributed by atoms with Crippen LogP contribution >= 0.6 is 0 Å². The molecule has 3 heterocycles. The van der Waals surface area contributed by atoms with Crippen LogP contribution in [0.5, 0.6) is 0 Å². The second kappa shape index (κ2) is 7.73. The number of benzene rings is 1. The lowest BCUT2D eigenvalue weighted by atomic mass is 10.1. The number of ether oxygens (including phenoxy) is 1. The maximum Gasteiger partial charge on any atom is 0.262 e. The fourth-order valence-electron chi connectivity index (χ4n) is 2.96. The molecule has 0 bridgehead atoms. The summed E-state index contributed by atoms with van der Waals surface area (Å²) in [5.74, 6) is -0.797. The molecule has 0 radical (unpaired) electrons. The molecule has 28 heavy (non-hydrogen) atoms. The lowest BCUT2D eigenvalue weighted by Gasteiger charge is -2.26. The molecule has 3 aromatic rings. The van der Waals surface area contributed by atoms with Gasteiger partial charge in [0.05, 0.1) is 19.4 Å². The number of halogens is 1. The van der Waals surface area contributed by atoms with E-state index in [2.05, 4.69) is 20.4 Å². The van der Waals surface area contributed by atoms with Gasteiger partial charge in [-0.1, -0.05) is 35.5 Å². The highest BCUT2D eigenvalue weighted by Gasteiger charge is 2.24. The average molecular weight is 383 g/mol. The smallest absolute Gasteiger partial charge is 0.262 e. The average Bonchev–Trinajstić information content (AvgIpc) is 3.12. The zero-order chi connectivity index (χ0) is 19.5. The highest BCUT2D eigenvalue weighted by atomic mass is 19.1. The van der Waals surface area contributed by atoms with Crippen molar-refractivity contribution in [2.75, 3.05) is 36.5 Å². The standard InChI is InChI=1S/C19H18FN5O3/c1-12-15(16(24-28-12)13-5-3-2-4-6-13)18(26)22-17-14(20)11-21-19(23-17)25-7-9-27-10-8-25/h2-6,11H,7-10H2,1H3,(H,21,22,23,26). The Morgan fingerprint density at radius 3 is 2.71 bits per heavy atom. The fourth-order valence-corrected chi connectivity index (χ4v) is 2.96. The van der Waals surface area contributed by atoms with E-state index in [-0.39, 0.29) is 11.4 Å². The van der Waals surface area contributed by atoms with E-state index in [0.29, 0.717) is 43.7 Å². The molecular formula is C19H18FN5O3. The molecule has 8 nitrogen and oxygen atoms in total. The molecule has 1 aliphatic rings. The Hall–Kier alpha value is -3.33. The SMILES string of the molecule is Cc1onc(-c2ccccc2)c1C(=O)Nc1nc(N2CCOCC2)ncc1F. The number of rotatable bonds is 4. The molecule has 1 fully saturated rings. The summed E-state index contributed by atoms with van der Waals surface area (Å²) in [4.78, 5) is 22.9. The predicted octanol–water partition coefficient (Wildman–Crippen LogP) is 2.67. The third-order valence-corrected chi connectivity index (χ3v) is 4.39. The van der Waals surface area contributed by atoms with Crippen LogP contribution in [0.15, 0.2) is 41.1 Å². The summed E-state index contributed by atoms with van der Waals surface area (Å²) >= 11 is 0. The van der Waals surface area contributed by atoms with Gasteiger partial charge in [-0.3, -0.25) is 4.79 Å². The number of aryl methyl sites for hydroxylation is 1. The molecule has 0 aliphatic carbocycles. The molecule has 1 saturated heterocycles. The number of hydrogen-bond donors (Lipinski definition) is 1. The third-order valence-electron chi connectivity index (χ3n) is 4.39. The van der Waals surface area contributed by atoms with Crippen LogP contribution in [0.4, 0.5) is 16.2 Å². The summed E-state index contributed by atoms with van der Waals surface area (Å²) in [6.07, 6.45) is 1.05. The number of amides is 1. The lowest BCUT2D eigenvalue weighted by molar-refractivity contribution is 0.102. The maximum atomic E-state index is 14.2. The van der Waals surface area contributed by atoms with Crippen molar-refractivity contribution in [2.45, 2.75) is 6.92 Å². The Balaban J connectivity index is 1.62. The number of carbonyl (C=O) groups excluding carboxylic acids is 1. The van der Waals surface area contributed by atoms with Gasteiger partial charge in [-0.15, -0.1) is 0 Å². The van der Waals surface area contributed by atoms with Gasteiger partial charge < -0.3 is 19.5 Å². The number of carbonyl (C=O) groups is 1. The summed E-state index contributed by atoms with van der Waals surface area (Å²) in [6, 6.07) is 9.16. The first-order valence-corrected chi connectivity index (χ1v) is 8.82. The van der Waals surface area contributed by atoms with E-state index in [9.17, 15) is 9.18 Å². The molecule has 1 aliphatic heterocycles. The van der Waals surface area contributed by atoms with Crippen molar-refractivity contribution in [3.05, 3.63) is 53.7 Å². The van der Waals surface area contributed by atoms with Gasteiger partial charge in [0.25, 0.3) is 5.91 Å². The number of nitrogens with one attached hydrogen (secondary N) is 1. The van der Waals surface area contributed by atoms with E-state index in [1.807, 2.05) is 35.2 Å². The topological polar surface area (TPSA) is 93.4 Å². The first-order chi connectivity index (χ1) is 13.6. The van der Waals surface area contributed by atoms with Crippen LogP contribution in [0, 0.1) is 12.7 Å². The molecule has 0 saturated carbocycles. The Bertz CT molecular complexity index is 986.